The van der Waals surface area contributed by atoms with Gasteiger partial charge in [0.15, 0.2) is 5.78 Å². The second kappa shape index (κ2) is 12.7. The Balaban J connectivity index is 1.39. The van der Waals surface area contributed by atoms with E-state index in [1.807, 2.05) is 6.92 Å². The van der Waals surface area contributed by atoms with Gasteiger partial charge < -0.3 is 4.74 Å². The summed E-state index contributed by atoms with van der Waals surface area (Å²) in [6.45, 7) is 1.41. The van der Waals surface area contributed by atoms with Gasteiger partial charge in [-0.15, -0.1) is 0 Å². The third-order valence-electron chi connectivity index (χ3n) is 7.64. The molecule has 3 aromatic carbocycles. The lowest BCUT2D eigenvalue weighted by atomic mass is 9.76. The summed E-state index contributed by atoms with van der Waals surface area (Å²) in [5.74, 6) is -3.77. The Morgan fingerprint density at radius 3 is 2.16 bits per heavy atom. The van der Waals surface area contributed by atoms with Crippen molar-refractivity contribution in [1.82, 2.24) is 10.0 Å². The second-order valence-electron chi connectivity index (χ2n) is 10.6. The Kier molecular flexibility index (Phi) is 9.13. The fraction of sp³-hybridized carbons (Fsp3) is 0.258. The zero-order valence-electron chi connectivity index (χ0n) is 22.7. The Hall–Kier alpha value is -3.43. The number of amides is 3. The number of halogens is 4. The molecule has 2 aliphatic rings. The van der Waals surface area contributed by atoms with E-state index in [4.69, 9.17) is 51.1 Å². The number of ether oxygens (including phenoxy) is 1. The fourth-order valence-electron chi connectivity index (χ4n) is 5.37. The van der Waals surface area contributed by atoms with Crippen molar-refractivity contribution in [3.8, 4) is 5.75 Å². The molecule has 5 rings (SSSR count). The van der Waals surface area contributed by atoms with E-state index in [1.165, 1.54) is 60.7 Å². The van der Waals surface area contributed by atoms with Gasteiger partial charge in [0.05, 0.1) is 32.5 Å². The minimum Gasteiger partial charge on any atom is -0.423 e. The largest absolute Gasteiger partial charge is 0.423 e. The molecule has 222 valence electrons. The molecular formula is C31H24Cl4N2O6. The number of hydrazine groups is 1. The highest BCUT2D eigenvalue weighted by molar-refractivity contribution is 6.42. The number of nitrogens with zero attached hydrogens (tertiary/aromatic N) is 2. The zero-order chi connectivity index (χ0) is 31.0. The van der Waals surface area contributed by atoms with E-state index in [2.05, 4.69) is 0 Å². The van der Waals surface area contributed by atoms with Crippen LogP contribution in [-0.2, 0) is 9.59 Å². The number of fused-ring (bicyclic) bond motifs is 1. The van der Waals surface area contributed by atoms with E-state index >= 15 is 0 Å². The first kappa shape index (κ1) is 31.0. The van der Waals surface area contributed by atoms with Crippen LogP contribution in [0.3, 0.4) is 0 Å². The number of ketones is 1. The molecule has 3 aromatic rings. The highest BCUT2D eigenvalue weighted by Crippen LogP contribution is 2.41. The van der Waals surface area contributed by atoms with E-state index in [0.717, 1.165) is 16.4 Å². The van der Waals surface area contributed by atoms with Crippen molar-refractivity contribution in [3.05, 3.63) is 97.4 Å². The van der Waals surface area contributed by atoms with Crippen LogP contribution in [0.15, 0.2) is 60.7 Å². The molecule has 43 heavy (non-hydrogen) atoms. The molecule has 8 nitrogen and oxygen atoms in total. The maximum atomic E-state index is 13.7. The molecule has 0 unspecified atom stereocenters. The third-order valence-corrected chi connectivity index (χ3v) is 8.92. The third kappa shape index (κ3) is 6.43. The predicted octanol–water partition coefficient (Wildman–Crippen LogP) is 7.18. The average Bonchev–Trinajstić information content (AvgIpc) is 3.21. The van der Waals surface area contributed by atoms with Crippen LogP contribution in [0.5, 0.6) is 5.75 Å². The molecule has 0 N–H and O–H groups in total. The summed E-state index contributed by atoms with van der Waals surface area (Å²) in [7, 11) is 0. The van der Waals surface area contributed by atoms with E-state index < -0.39 is 47.9 Å². The summed E-state index contributed by atoms with van der Waals surface area (Å²) in [6, 6.07) is 14.1. The van der Waals surface area contributed by atoms with Gasteiger partial charge in [-0.25, -0.2) is 9.80 Å². The monoisotopic (exact) mass is 660 g/mol. The molecule has 1 saturated heterocycles. The number of hydrogen-bond acceptors (Lipinski definition) is 6. The van der Waals surface area contributed by atoms with Gasteiger partial charge >= 0.3 is 5.97 Å². The smallest absolute Gasteiger partial charge is 0.345 e. The molecule has 0 aromatic heterocycles. The molecule has 0 spiro atoms. The number of carbonyl (C=O) groups is 5. The van der Waals surface area contributed by atoms with Crippen molar-refractivity contribution in [2.45, 2.75) is 26.2 Å². The van der Waals surface area contributed by atoms with Gasteiger partial charge in [-0.2, -0.15) is 5.01 Å². The maximum Gasteiger partial charge on any atom is 0.345 e. The van der Waals surface area contributed by atoms with Crippen molar-refractivity contribution in [2.75, 3.05) is 6.54 Å². The van der Waals surface area contributed by atoms with Crippen LogP contribution in [0.2, 0.25) is 20.1 Å². The standard InChI is InChI=1S/C31H24Cl4N2O6/c1-16-2-9-21-23(12-16)30(41)37(29(21)40)36(28(39)18-5-11-24(33)26(35)13-18)15-27(38)17-3-7-20(8-4-17)43-31(42)22-10-6-19(32)14-25(22)34/h3-8,10-11,13-14,16,21,23H,2,9,12,15H2,1H3/t16-,21-,23-/m1/s1. The van der Waals surface area contributed by atoms with Gasteiger partial charge in [0.2, 0.25) is 0 Å². The van der Waals surface area contributed by atoms with Crippen molar-refractivity contribution in [2.24, 2.45) is 17.8 Å². The maximum absolute atomic E-state index is 13.7. The topological polar surface area (TPSA) is 101 Å². The summed E-state index contributed by atoms with van der Waals surface area (Å²) >= 11 is 24.1. The summed E-state index contributed by atoms with van der Waals surface area (Å²) < 4.78 is 5.36. The minimum atomic E-state index is -0.759. The molecule has 0 bridgehead atoms. The van der Waals surface area contributed by atoms with Crippen LogP contribution >= 0.6 is 46.4 Å². The molecule has 1 saturated carbocycles. The molecule has 3 atom stereocenters. The van der Waals surface area contributed by atoms with Gasteiger partial charge in [0.1, 0.15) is 12.3 Å². The average molecular weight is 662 g/mol. The Bertz CT molecular complexity index is 1640. The second-order valence-corrected chi connectivity index (χ2v) is 12.2. The fourth-order valence-corrected chi connectivity index (χ4v) is 6.16. The molecule has 0 radical (unpaired) electrons. The van der Waals surface area contributed by atoms with E-state index in [0.29, 0.717) is 17.9 Å². The lowest BCUT2D eigenvalue weighted by Gasteiger charge is -2.30. The van der Waals surface area contributed by atoms with Crippen molar-refractivity contribution in [1.29, 1.82) is 0 Å². The van der Waals surface area contributed by atoms with Crippen molar-refractivity contribution < 1.29 is 28.7 Å². The van der Waals surface area contributed by atoms with Crippen LogP contribution in [0.4, 0.5) is 0 Å². The number of benzene rings is 3. The molecule has 1 aliphatic heterocycles. The van der Waals surface area contributed by atoms with Crippen molar-refractivity contribution >= 4 is 75.9 Å². The minimum absolute atomic E-state index is 0.0501. The number of hydrogen-bond donors (Lipinski definition) is 0. The van der Waals surface area contributed by atoms with Gasteiger partial charge in [0, 0.05) is 16.1 Å². The van der Waals surface area contributed by atoms with E-state index in [-0.39, 0.29) is 43.4 Å². The number of Topliss-reactive ketones (excluding diaryl/α,β-unsaturated/α-hetero) is 1. The number of esters is 1. The van der Waals surface area contributed by atoms with Gasteiger partial charge in [-0.1, -0.05) is 53.3 Å². The van der Waals surface area contributed by atoms with Crippen LogP contribution in [-0.4, -0.2) is 46.0 Å². The first-order chi connectivity index (χ1) is 20.4. The molecule has 12 heteroatoms. The Morgan fingerprint density at radius 1 is 0.814 bits per heavy atom. The van der Waals surface area contributed by atoms with E-state index in [1.54, 1.807) is 0 Å². The zero-order valence-corrected chi connectivity index (χ0v) is 25.7. The van der Waals surface area contributed by atoms with Gasteiger partial charge in [-0.3, -0.25) is 19.2 Å². The summed E-state index contributed by atoms with van der Waals surface area (Å²) in [6.07, 6.45) is 1.84. The molecule has 1 heterocycles. The Labute approximate surface area is 267 Å². The number of imide groups is 1. The quantitative estimate of drug-likeness (QED) is 0.115. The number of rotatable bonds is 7. The molecule has 2 fully saturated rings. The highest BCUT2D eigenvalue weighted by atomic mass is 35.5. The normalized spacial score (nSPS) is 19.7. The molecular weight excluding hydrogens is 638 g/mol. The Morgan fingerprint density at radius 2 is 1.49 bits per heavy atom. The van der Waals surface area contributed by atoms with Crippen LogP contribution < -0.4 is 4.74 Å². The van der Waals surface area contributed by atoms with Gasteiger partial charge in [-0.05, 0) is 85.8 Å². The lowest BCUT2D eigenvalue weighted by Crippen LogP contribution is -2.52. The van der Waals surface area contributed by atoms with E-state index in [9.17, 15) is 24.0 Å². The molecule has 1 aliphatic carbocycles. The number of carbonyl (C=O) groups excluding carboxylic acids is 5. The highest BCUT2D eigenvalue weighted by Gasteiger charge is 2.52. The first-order valence-corrected chi connectivity index (χ1v) is 14.9. The predicted molar refractivity (Wildman–Crippen MR) is 162 cm³/mol. The van der Waals surface area contributed by atoms with Crippen LogP contribution in [0.25, 0.3) is 0 Å². The first-order valence-electron chi connectivity index (χ1n) is 13.4. The summed E-state index contributed by atoms with van der Waals surface area (Å²) in [4.78, 5) is 66.7. The summed E-state index contributed by atoms with van der Waals surface area (Å²) in [5, 5.41) is 2.51. The van der Waals surface area contributed by atoms with Crippen LogP contribution in [0.1, 0.15) is 57.3 Å². The lowest BCUT2D eigenvalue weighted by molar-refractivity contribution is -0.154. The van der Waals surface area contributed by atoms with Crippen molar-refractivity contribution in [3.63, 3.8) is 0 Å². The van der Waals surface area contributed by atoms with Gasteiger partial charge in [0.25, 0.3) is 17.7 Å². The summed E-state index contributed by atoms with van der Waals surface area (Å²) in [5.41, 5.74) is 0.313. The SMILES string of the molecule is C[C@@H]1CC[C@H]2C(=O)N(N(CC(=O)c3ccc(OC(=O)c4ccc(Cl)cc4Cl)cc3)C(=O)c3ccc(Cl)c(Cl)c3)C(=O)[C@@H]2C1. The molecule has 3 amide bonds. The van der Waals surface area contributed by atoms with Crippen LogP contribution in [0, 0.1) is 17.8 Å².